The highest BCUT2D eigenvalue weighted by atomic mass is 16.5. The van der Waals surface area contributed by atoms with Crippen LogP contribution in [0, 0.1) is 6.92 Å². The van der Waals surface area contributed by atoms with Gasteiger partial charge in [0, 0.05) is 36.0 Å². The first-order valence-corrected chi connectivity index (χ1v) is 8.21. The van der Waals surface area contributed by atoms with Gasteiger partial charge in [-0.25, -0.2) is 0 Å². The van der Waals surface area contributed by atoms with Gasteiger partial charge in [-0.3, -0.25) is 4.79 Å². The molecule has 6 heteroatoms. The predicted molar refractivity (Wildman–Crippen MR) is 91.8 cm³/mol. The molecule has 1 fully saturated rings. The molecular weight excluding hydrogens is 304 g/mol. The quantitative estimate of drug-likeness (QED) is 0.758. The first-order chi connectivity index (χ1) is 11.6. The van der Waals surface area contributed by atoms with Crippen LogP contribution in [0.4, 0.5) is 5.88 Å². The zero-order valence-corrected chi connectivity index (χ0v) is 13.6. The molecule has 1 aliphatic heterocycles. The number of fused-ring (bicyclic) bond motifs is 1. The Morgan fingerprint density at radius 1 is 1.29 bits per heavy atom. The zero-order valence-electron chi connectivity index (χ0n) is 13.6. The second-order valence-electron chi connectivity index (χ2n) is 6.49. The van der Waals surface area contributed by atoms with Crippen molar-refractivity contribution in [3.8, 4) is 0 Å². The summed E-state index contributed by atoms with van der Waals surface area (Å²) in [7, 11) is 0. The van der Waals surface area contributed by atoms with E-state index in [1.165, 1.54) is 5.56 Å². The Balaban J connectivity index is 1.47. The van der Waals surface area contributed by atoms with E-state index >= 15 is 0 Å². The summed E-state index contributed by atoms with van der Waals surface area (Å²) in [6.45, 7) is 3.48. The summed E-state index contributed by atoms with van der Waals surface area (Å²) >= 11 is 0. The van der Waals surface area contributed by atoms with Crippen LogP contribution in [0.15, 0.2) is 34.9 Å². The lowest BCUT2D eigenvalue weighted by Crippen LogP contribution is -2.38. The monoisotopic (exact) mass is 324 g/mol. The van der Waals surface area contributed by atoms with E-state index in [4.69, 9.17) is 10.3 Å². The molecule has 1 aromatic carbocycles. The number of rotatable bonds is 2. The molecule has 0 unspecified atom stereocenters. The van der Waals surface area contributed by atoms with Crippen LogP contribution in [-0.4, -0.2) is 34.0 Å². The Labute approximate surface area is 139 Å². The van der Waals surface area contributed by atoms with Gasteiger partial charge in [0.1, 0.15) is 5.69 Å². The number of amides is 1. The van der Waals surface area contributed by atoms with Crippen LogP contribution in [0.25, 0.3) is 10.9 Å². The average molecular weight is 324 g/mol. The minimum Gasteiger partial charge on any atom is -0.368 e. The van der Waals surface area contributed by atoms with Gasteiger partial charge in [0.15, 0.2) is 0 Å². The lowest BCUT2D eigenvalue weighted by atomic mass is 9.93. The number of hydrogen-bond acceptors (Lipinski definition) is 4. The normalized spacial score (nSPS) is 16.0. The number of nitrogen functional groups attached to an aromatic ring is 1. The zero-order chi connectivity index (χ0) is 16.7. The minimum atomic E-state index is 0.0574. The summed E-state index contributed by atoms with van der Waals surface area (Å²) < 4.78 is 4.95. The van der Waals surface area contributed by atoms with Gasteiger partial charge in [0.25, 0.3) is 5.91 Å². The fourth-order valence-corrected chi connectivity index (χ4v) is 3.41. The number of nitrogens with zero attached hydrogens (tertiary/aromatic N) is 2. The summed E-state index contributed by atoms with van der Waals surface area (Å²) in [5.74, 6) is 0.708. The van der Waals surface area contributed by atoms with Gasteiger partial charge < -0.3 is 20.1 Å². The van der Waals surface area contributed by atoms with Crippen molar-refractivity contribution >= 4 is 22.7 Å². The summed E-state index contributed by atoms with van der Waals surface area (Å²) in [4.78, 5) is 17.9. The molecular formula is C18H20N4O2. The van der Waals surface area contributed by atoms with E-state index in [9.17, 15) is 4.79 Å². The highest BCUT2D eigenvalue weighted by Crippen LogP contribution is 2.29. The van der Waals surface area contributed by atoms with Crippen LogP contribution in [-0.2, 0) is 0 Å². The van der Waals surface area contributed by atoms with Crippen LogP contribution in [0.3, 0.4) is 0 Å². The van der Waals surface area contributed by atoms with Crippen molar-refractivity contribution in [1.29, 1.82) is 0 Å². The highest BCUT2D eigenvalue weighted by Gasteiger charge is 2.27. The fourth-order valence-electron chi connectivity index (χ4n) is 3.41. The maximum atomic E-state index is 12.7. The van der Waals surface area contributed by atoms with Crippen molar-refractivity contribution in [3.05, 3.63) is 47.3 Å². The fraction of sp³-hybridized carbons (Fsp3) is 0.333. The second-order valence-corrected chi connectivity index (χ2v) is 6.49. The largest absolute Gasteiger partial charge is 0.368 e. The molecule has 6 nitrogen and oxygen atoms in total. The highest BCUT2D eigenvalue weighted by molar-refractivity contribution is 5.98. The molecule has 3 N–H and O–H groups in total. The number of nitrogens with two attached hydrogens (primary N) is 1. The second kappa shape index (κ2) is 5.70. The molecule has 0 atom stereocenters. The van der Waals surface area contributed by atoms with Gasteiger partial charge in [0.2, 0.25) is 5.88 Å². The number of piperidine rings is 1. The van der Waals surface area contributed by atoms with Gasteiger partial charge in [-0.05, 0) is 38.0 Å². The number of anilines is 1. The van der Waals surface area contributed by atoms with Crippen molar-refractivity contribution in [3.63, 3.8) is 0 Å². The molecule has 0 spiro atoms. The lowest BCUT2D eigenvalue weighted by Gasteiger charge is -2.30. The number of benzene rings is 1. The Kier molecular flexibility index (Phi) is 3.52. The molecule has 0 bridgehead atoms. The summed E-state index contributed by atoms with van der Waals surface area (Å²) in [6, 6.07) is 9.87. The molecule has 1 saturated heterocycles. The number of aryl methyl sites for hydroxylation is 1. The van der Waals surface area contributed by atoms with E-state index < -0.39 is 0 Å². The number of nitrogens with one attached hydrogen (secondary N) is 1. The van der Waals surface area contributed by atoms with E-state index in [2.05, 4.69) is 23.1 Å². The molecule has 1 aliphatic rings. The van der Waals surface area contributed by atoms with E-state index in [0.717, 1.165) is 29.4 Å². The van der Waals surface area contributed by atoms with Crippen molar-refractivity contribution in [2.45, 2.75) is 25.7 Å². The summed E-state index contributed by atoms with van der Waals surface area (Å²) in [6.07, 6.45) is 1.74. The number of hydrogen-bond donors (Lipinski definition) is 2. The molecule has 1 amide bonds. The smallest absolute Gasteiger partial charge is 0.270 e. The van der Waals surface area contributed by atoms with Crippen molar-refractivity contribution < 1.29 is 9.32 Å². The van der Waals surface area contributed by atoms with Crippen molar-refractivity contribution in [2.75, 3.05) is 18.8 Å². The molecule has 4 rings (SSSR count). The van der Waals surface area contributed by atoms with Gasteiger partial charge >= 0.3 is 0 Å². The molecule has 0 saturated carbocycles. The van der Waals surface area contributed by atoms with Gasteiger partial charge in [0.05, 0.1) is 5.69 Å². The maximum Gasteiger partial charge on any atom is 0.270 e. The first-order valence-electron chi connectivity index (χ1n) is 8.21. The topological polar surface area (TPSA) is 88.2 Å². The summed E-state index contributed by atoms with van der Waals surface area (Å²) in [5.41, 5.74) is 9.31. The van der Waals surface area contributed by atoms with Crippen molar-refractivity contribution in [1.82, 2.24) is 15.0 Å². The lowest BCUT2D eigenvalue weighted by molar-refractivity contribution is 0.0706. The minimum absolute atomic E-state index is 0.0574. The van der Waals surface area contributed by atoms with Crippen LogP contribution in [0.1, 0.15) is 40.5 Å². The molecule has 124 valence electrons. The van der Waals surface area contributed by atoms with Gasteiger partial charge in [-0.2, -0.15) is 0 Å². The van der Waals surface area contributed by atoms with Crippen molar-refractivity contribution in [2.24, 2.45) is 0 Å². The average Bonchev–Trinajstić information content (AvgIpc) is 3.20. The van der Waals surface area contributed by atoms with E-state index in [1.54, 1.807) is 6.07 Å². The standard InChI is InChI=1S/C18H20N4O2/c1-11-2-3-14-13(8-11)9-16(20-14)18(23)22-6-4-12(5-7-22)15-10-17(19)24-21-15/h2-3,8-10,12,20H,4-7,19H2,1H3. The van der Waals surface area contributed by atoms with Gasteiger partial charge in [-0.1, -0.05) is 16.8 Å². The number of H-pyrrole nitrogens is 1. The Bertz CT molecular complexity index is 887. The molecule has 0 radical (unpaired) electrons. The predicted octanol–water partition coefficient (Wildman–Crippen LogP) is 3.07. The number of carbonyl (C=O) groups is 1. The number of aromatic amines is 1. The van der Waals surface area contributed by atoms with E-state index in [1.807, 2.05) is 23.1 Å². The molecule has 0 aliphatic carbocycles. The summed E-state index contributed by atoms with van der Waals surface area (Å²) in [5, 5.41) is 5.07. The van der Waals surface area contributed by atoms with E-state index in [-0.39, 0.29) is 5.91 Å². The van der Waals surface area contributed by atoms with Gasteiger partial charge in [-0.15, -0.1) is 0 Å². The molecule has 2 aromatic heterocycles. The molecule has 3 heterocycles. The Morgan fingerprint density at radius 2 is 2.08 bits per heavy atom. The van der Waals surface area contributed by atoms with Crippen LogP contribution in [0.2, 0.25) is 0 Å². The Morgan fingerprint density at radius 3 is 2.79 bits per heavy atom. The van der Waals surface area contributed by atoms with Crippen LogP contribution >= 0.6 is 0 Å². The third-order valence-corrected chi connectivity index (χ3v) is 4.75. The number of likely N-dealkylation sites (tertiary alicyclic amines) is 1. The maximum absolute atomic E-state index is 12.7. The SMILES string of the molecule is Cc1ccc2[nH]c(C(=O)N3CCC(c4cc(N)on4)CC3)cc2c1. The van der Waals surface area contributed by atoms with Crippen LogP contribution in [0.5, 0.6) is 0 Å². The molecule has 24 heavy (non-hydrogen) atoms. The first kappa shape index (κ1) is 14.8. The van der Waals surface area contributed by atoms with Crippen LogP contribution < -0.4 is 5.73 Å². The van der Waals surface area contributed by atoms with E-state index in [0.29, 0.717) is 30.6 Å². The third kappa shape index (κ3) is 2.64. The number of aromatic nitrogens is 2. The Hall–Kier alpha value is -2.76. The third-order valence-electron chi connectivity index (χ3n) is 4.75. The number of carbonyl (C=O) groups excluding carboxylic acids is 1. The molecule has 3 aromatic rings.